The zero-order valence-electron chi connectivity index (χ0n) is 17.3. The number of amides is 4. The molecule has 1 saturated carbocycles. The molecule has 1 saturated heterocycles. The van der Waals surface area contributed by atoms with Gasteiger partial charge in [-0.3, -0.25) is 14.5 Å². The summed E-state index contributed by atoms with van der Waals surface area (Å²) in [5.41, 5.74) is -0.246. The van der Waals surface area contributed by atoms with Crippen molar-refractivity contribution in [3.8, 4) is 0 Å². The molecule has 0 aromatic heterocycles. The lowest BCUT2D eigenvalue weighted by Gasteiger charge is -2.38. The Morgan fingerprint density at radius 1 is 1.21 bits per heavy atom. The third kappa shape index (κ3) is 3.77. The number of nitrogens with zero attached hydrogens (tertiary/aromatic N) is 2. The molecule has 1 spiro atoms. The van der Waals surface area contributed by atoms with E-state index in [4.69, 9.17) is 0 Å². The molecule has 3 rings (SSSR count). The van der Waals surface area contributed by atoms with Crippen LogP contribution in [0.3, 0.4) is 0 Å². The minimum Gasteiger partial charge on any atom is -0.332 e. The Morgan fingerprint density at radius 2 is 1.89 bits per heavy atom. The van der Waals surface area contributed by atoms with Gasteiger partial charge in [0.1, 0.15) is 12.1 Å². The third-order valence-corrected chi connectivity index (χ3v) is 6.09. The van der Waals surface area contributed by atoms with Crippen LogP contribution in [0.4, 0.5) is 4.79 Å². The molecular formula is C22H31N3O3. The maximum absolute atomic E-state index is 13.1. The molecule has 1 aromatic rings. The highest BCUT2D eigenvalue weighted by Crippen LogP contribution is 2.38. The highest BCUT2D eigenvalue weighted by Gasteiger charge is 2.55. The van der Waals surface area contributed by atoms with Crippen molar-refractivity contribution in [1.82, 2.24) is 15.1 Å². The monoisotopic (exact) mass is 385 g/mol. The van der Waals surface area contributed by atoms with Crippen LogP contribution in [0, 0.1) is 5.92 Å². The summed E-state index contributed by atoms with van der Waals surface area (Å²) in [6, 6.07) is 9.31. The number of nitrogens with one attached hydrogen (secondary N) is 1. The first-order chi connectivity index (χ1) is 13.1. The summed E-state index contributed by atoms with van der Waals surface area (Å²) in [4.78, 5) is 41.7. The zero-order valence-corrected chi connectivity index (χ0v) is 17.3. The molecule has 0 bridgehead atoms. The van der Waals surface area contributed by atoms with E-state index >= 15 is 0 Å². The summed E-state index contributed by atoms with van der Waals surface area (Å²) in [6.07, 6.45) is 3.55. The fourth-order valence-corrected chi connectivity index (χ4v) is 4.33. The first-order valence-corrected chi connectivity index (χ1v) is 10.1. The lowest BCUT2D eigenvalue weighted by molar-refractivity contribution is -0.143. The Labute approximate surface area is 167 Å². The second-order valence-corrected chi connectivity index (χ2v) is 9.08. The van der Waals surface area contributed by atoms with E-state index in [1.54, 1.807) is 4.90 Å². The van der Waals surface area contributed by atoms with Gasteiger partial charge < -0.3 is 10.2 Å². The number of carbonyl (C=O) groups is 3. The summed E-state index contributed by atoms with van der Waals surface area (Å²) >= 11 is 0. The molecule has 0 radical (unpaired) electrons. The quantitative estimate of drug-likeness (QED) is 0.809. The number of carbonyl (C=O) groups excluding carboxylic acids is 3. The number of hydrogen-bond donors (Lipinski definition) is 1. The SMILES string of the molecule is C[C@@H]1CCCC[C@@]12NC(=O)N(CC(=O)N(Cc1ccccc1)C(C)(C)C)C2=O. The van der Waals surface area contributed by atoms with E-state index in [-0.39, 0.29) is 24.3 Å². The molecule has 4 amide bonds. The van der Waals surface area contributed by atoms with Crippen molar-refractivity contribution < 1.29 is 14.4 Å². The Morgan fingerprint density at radius 3 is 2.50 bits per heavy atom. The van der Waals surface area contributed by atoms with Crippen molar-refractivity contribution in [1.29, 1.82) is 0 Å². The predicted molar refractivity (Wildman–Crippen MR) is 107 cm³/mol. The second kappa shape index (κ2) is 7.57. The summed E-state index contributed by atoms with van der Waals surface area (Å²) in [7, 11) is 0. The fourth-order valence-electron chi connectivity index (χ4n) is 4.33. The van der Waals surface area contributed by atoms with Crippen LogP contribution in [0.25, 0.3) is 0 Å². The molecule has 6 nitrogen and oxygen atoms in total. The van der Waals surface area contributed by atoms with Crippen LogP contribution in [-0.2, 0) is 16.1 Å². The molecule has 2 fully saturated rings. The van der Waals surface area contributed by atoms with Crippen molar-refractivity contribution in [3.63, 3.8) is 0 Å². The van der Waals surface area contributed by atoms with Gasteiger partial charge in [-0.1, -0.05) is 50.1 Å². The Balaban J connectivity index is 1.78. The summed E-state index contributed by atoms with van der Waals surface area (Å²) in [5, 5.41) is 2.92. The minimum atomic E-state index is -0.832. The first-order valence-electron chi connectivity index (χ1n) is 10.1. The molecule has 0 unspecified atom stereocenters. The maximum Gasteiger partial charge on any atom is 0.325 e. The summed E-state index contributed by atoms with van der Waals surface area (Å²) in [5.74, 6) is -0.382. The molecule has 1 aliphatic heterocycles. The number of rotatable bonds is 4. The van der Waals surface area contributed by atoms with Crippen LogP contribution >= 0.6 is 0 Å². The van der Waals surface area contributed by atoms with E-state index in [0.29, 0.717) is 13.0 Å². The highest BCUT2D eigenvalue weighted by atomic mass is 16.2. The Hall–Kier alpha value is -2.37. The number of benzene rings is 1. The number of hydrogen-bond acceptors (Lipinski definition) is 3. The maximum atomic E-state index is 13.1. The molecule has 2 aliphatic rings. The summed E-state index contributed by atoms with van der Waals surface area (Å²) in [6.45, 7) is 8.12. The first kappa shape index (κ1) is 20.4. The Kier molecular flexibility index (Phi) is 5.50. The molecule has 1 aliphatic carbocycles. The van der Waals surface area contributed by atoms with Gasteiger partial charge in [-0.15, -0.1) is 0 Å². The normalized spacial score (nSPS) is 25.1. The van der Waals surface area contributed by atoms with Crippen LogP contribution in [0.1, 0.15) is 58.9 Å². The molecule has 1 N–H and O–H groups in total. The van der Waals surface area contributed by atoms with Crippen molar-refractivity contribution >= 4 is 17.8 Å². The molecule has 2 atom stereocenters. The van der Waals surface area contributed by atoms with Crippen LogP contribution in [0.2, 0.25) is 0 Å². The highest BCUT2D eigenvalue weighted by molar-refractivity contribution is 6.09. The third-order valence-electron chi connectivity index (χ3n) is 6.09. The van der Waals surface area contributed by atoms with Gasteiger partial charge in [-0.2, -0.15) is 0 Å². The van der Waals surface area contributed by atoms with Crippen molar-refractivity contribution in [2.45, 2.75) is 71.0 Å². The molecule has 1 aromatic carbocycles. The summed E-state index contributed by atoms with van der Waals surface area (Å²) < 4.78 is 0. The van der Waals surface area contributed by atoms with E-state index in [1.807, 2.05) is 58.0 Å². The lowest BCUT2D eigenvalue weighted by atomic mass is 9.73. The van der Waals surface area contributed by atoms with E-state index in [1.165, 1.54) is 0 Å². The zero-order chi connectivity index (χ0) is 20.5. The van der Waals surface area contributed by atoms with Gasteiger partial charge >= 0.3 is 6.03 Å². The van der Waals surface area contributed by atoms with Crippen LogP contribution in [-0.4, -0.2) is 45.3 Å². The number of urea groups is 1. The molecule has 152 valence electrons. The average molecular weight is 386 g/mol. The van der Waals surface area contributed by atoms with Crippen molar-refractivity contribution in [2.75, 3.05) is 6.54 Å². The second-order valence-electron chi connectivity index (χ2n) is 9.08. The molecular weight excluding hydrogens is 354 g/mol. The average Bonchev–Trinajstić information content (AvgIpc) is 2.87. The van der Waals surface area contributed by atoms with Gasteiger partial charge in [0, 0.05) is 12.1 Å². The molecule has 1 heterocycles. The van der Waals surface area contributed by atoms with Gasteiger partial charge in [-0.25, -0.2) is 4.79 Å². The smallest absolute Gasteiger partial charge is 0.325 e. The van der Waals surface area contributed by atoms with E-state index < -0.39 is 17.1 Å². The largest absolute Gasteiger partial charge is 0.332 e. The van der Waals surface area contributed by atoms with E-state index in [2.05, 4.69) is 5.32 Å². The Bertz CT molecular complexity index is 756. The van der Waals surface area contributed by atoms with E-state index in [0.717, 1.165) is 29.7 Å². The van der Waals surface area contributed by atoms with Gasteiger partial charge in [0.05, 0.1) is 0 Å². The topological polar surface area (TPSA) is 69.7 Å². The number of imide groups is 1. The van der Waals surface area contributed by atoms with Gasteiger partial charge in [0.2, 0.25) is 5.91 Å². The predicted octanol–water partition coefficient (Wildman–Crippen LogP) is 3.31. The van der Waals surface area contributed by atoms with Crippen molar-refractivity contribution in [3.05, 3.63) is 35.9 Å². The van der Waals surface area contributed by atoms with Crippen molar-refractivity contribution in [2.24, 2.45) is 5.92 Å². The fraction of sp³-hybridized carbons (Fsp3) is 0.591. The van der Waals surface area contributed by atoms with Gasteiger partial charge in [0.15, 0.2) is 0 Å². The molecule has 6 heteroatoms. The van der Waals surface area contributed by atoms with Crippen LogP contribution in [0.5, 0.6) is 0 Å². The molecule has 28 heavy (non-hydrogen) atoms. The van der Waals surface area contributed by atoms with Crippen LogP contribution < -0.4 is 5.32 Å². The van der Waals surface area contributed by atoms with Crippen LogP contribution in [0.15, 0.2) is 30.3 Å². The minimum absolute atomic E-state index is 0.0841. The lowest BCUT2D eigenvalue weighted by Crippen LogP contribution is -2.54. The van der Waals surface area contributed by atoms with Gasteiger partial charge in [-0.05, 0) is 45.1 Å². The van der Waals surface area contributed by atoms with Gasteiger partial charge in [0.25, 0.3) is 5.91 Å². The standard InChI is InChI=1S/C22H31N3O3/c1-16-10-8-9-13-22(16)19(27)24(20(28)23-22)15-18(26)25(21(2,3)4)14-17-11-6-5-7-12-17/h5-7,11-12,16H,8-10,13-15H2,1-4H3,(H,23,28)/t16-,22-/m1/s1. The van der Waals surface area contributed by atoms with E-state index in [9.17, 15) is 14.4 Å².